The van der Waals surface area contributed by atoms with Crippen LogP contribution in [-0.4, -0.2) is 28.9 Å². The van der Waals surface area contributed by atoms with Crippen molar-refractivity contribution in [3.8, 4) is 0 Å². The molecule has 2 heterocycles. The highest BCUT2D eigenvalue weighted by molar-refractivity contribution is 7.92. The first kappa shape index (κ1) is 19.6. The number of sulfonamides is 1. The minimum Gasteiger partial charge on any atom is -0.326 e. The van der Waals surface area contributed by atoms with E-state index in [2.05, 4.69) is 24.6 Å². The fourth-order valence-electron chi connectivity index (χ4n) is 3.46. The summed E-state index contributed by atoms with van der Waals surface area (Å²) in [5.41, 5.74) is 2.47. The van der Waals surface area contributed by atoms with Gasteiger partial charge >= 0.3 is 0 Å². The van der Waals surface area contributed by atoms with Crippen LogP contribution in [0.5, 0.6) is 0 Å². The van der Waals surface area contributed by atoms with Crippen molar-refractivity contribution in [2.75, 3.05) is 10.0 Å². The Bertz CT molecular complexity index is 1350. The minimum absolute atomic E-state index is 0.0460. The number of anilines is 2. The van der Waals surface area contributed by atoms with E-state index in [1.54, 1.807) is 42.5 Å². The van der Waals surface area contributed by atoms with Gasteiger partial charge in [0, 0.05) is 17.8 Å². The van der Waals surface area contributed by atoms with E-state index in [9.17, 15) is 13.2 Å². The molecule has 1 aliphatic carbocycles. The van der Waals surface area contributed by atoms with Crippen LogP contribution in [0.15, 0.2) is 71.8 Å². The normalized spacial score (nSPS) is 17.9. The minimum atomic E-state index is -3.72. The predicted octanol–water partition coefficient (Wildman–Crippen LogP) is 3.63. The molecule has 1 fully saturated rings. The summed E-state index contributed by atoms with van der Waals surface area (Å²) >= 11 is 1.28. The first-order valence-corrected chi connectivity index (χ1v) is 11.8. The number of carbonyl (C=O) groups is 1. The number of rotatable bonds is 6. The highest BCUT2D eigenvalue weighted by Gasteiger charge is 2.44. The van der Waals surface area contributed by atoms with E-state index >= 15 is 0 Å². The number of nitrogens with zero attached hydrogens (tertiary/aromatic N) is 3. The van der Waals surface area contributed by atoms with Gasteiger partial charge in [-0.1, -0.05) is 22.7 Å². The van der Waals surface area contributed by atoms with Crippen LogP contribution < -0.4 is 10.0 Å². The van der Waals surface area contributed by atoms with Gasteiger partial charge in [0.05, 0.1) is 9.60 Å². The summed E-state index contributed by atoms with van der Waals surface area (Å²) in [7, 11) is -3.72. The largest absolute Gasteiger partial charge is 0.326 e. The Morgan fingerprint density at radius 1 is 1.06 bits per heavy atom. The van der Waals surface area contributed by atoms with Gasteiger partial charge in [0.25, 0.3) is 10.0 Å². The Kier molecular flexibility index (Phi) is 4.87. The quantitative estimate of drug-likeness (QED) is 0.463. The summed E-state index contributed by atoms with van der Waals surface area (Å²) in [5, 5.41) is 6.94. The molecule has 5 rings (SSSR count). The average Bonchev–Trinajstić information content (AvgIpc) is 3.44. The van der Waals surface area contributed by atoms with Gasteiger partial charge in [0.15, 0.2) is 0 Å². The molecule has 1 saturated carbocycles. The standard InChI is InChI=1S/C21H17N5O3S2/c27-21(23-14-6-9-18-19(11-14)30-26-24-18)17-12-16(17)13-4-7-15(8-5-13)31(28,29)25-20-3-1-2-10-22-20/h1-11,16-17H,12H2,(H,22,25)(H,23,27)/t16-,17+/m0/s1. The monoisotopic (exact) mass is 451 g/mol. The molecule has 0 unspecified atom stereocenters. The number of benzene rings is 2. The van der Waals surface area contributed by atoms with Crippen molar-refractivity contribution in [3.05, 3.63) is 72.4 Å². The Balaban J connectivity index is 1.24. The van der Waals surface area contributed by atoms with Gasteiger partial charge in [0.2, 0.25) is 5.91 Å². The third kappa shape index (κ3) is 4.12. The molecule has 156 valence electrons. The lowest BCUT2D eigenvalue weighted by atomic mass is 10.1. The van der Waals surface area contributed by atoms with E-state index in [0.717, 1.165) is 27.9 Å². The van der Waals surface area contributed by atoms with Gasteiger partial charge in [0.1, 0.15) is 11.3 Å². The number of aromatic nitrogens is 3. The molecule has 0 radical (unpaired) electrons. The smallest absolute Gasteiger partial charge is 0.263 e. The molecule has 2 N–H and O–H groups in total. The molecule has 2 aromatic heterocycles. The number of amides is 1. The highest BCUT2D eigenvalue weighted by atomic mass is 32.2. The van der Waals surface area contributed by atoms with Crippen molar-refractivity contribution in [1.29, 1.82) is 0 Å². The molecule has 1 amide bonds. The lowest BCUT2D eigenvalue weighted by molar-refractivity contribution is -0.117. The maximum absolute atomic E-state index is 12.6. The molecular weight excluding hydrogens is 434 g/mol. The summed E-state index contributed by atoms with van der Waals surface area (Å²) in [6, 6.07) is 17.1. The van der Waals surface area contributed by atoms with Crippen LogP contribution in [0.2, 0.25) is 0 Å². The highest BCUT2D eigenvalue weighted by Crippen LogP contribution is 2.48. The lowest BCUT2D eigenvalue weighted by Gasteiger charge is -2.08. The number of hydrogen-bond donors (Lipinski definition) is 2. The predicted molar refractivity (Wildman–Crippen MR) is 118 cm³/mol. The van der Waals surface area contributed by atoms with Gasteiger partial charge in [-0.3, -0.25) is 9.52 Å². The Morgan fingerprint density at radius 3 is 2.68 bits per heavy atom. The van der Waals surface area contributed by atoms with Crippen molar-refractivity contribution in [1.82, 2.24) is 14.6 Å². The maximum Gasteiger partial charge on any atom is 0.263 e. The van der Waals surface area contributed by atoms with Gasteiger partial charge < -0.3 is 5.32 Å². The van der Waals surface area contributed by atoms with E-state index in [0.29, 0.717) is 0 Å². The summed E-state index contributed by atoms with van der Waals surface area (Å²) < 4.78 is 32.3. The third-order valence-electron chi connectivity index (χ3n) is 5.16. The molecule has 8 nitrogen and oxygen atoms in total. The summed E-state index contributed by atoms with van der Waals surface area (Å²) in [4.78, 5) is 16.7. The SMILES string of the molecule is O=C(Nc1ccc2nnsc2c1)[C@@H]1C[C@H]1c1ccc(S(=O)(=O)Nc2ccccn2)cc1. The van der Waals surface area contributed by atoms with Crippen molar-refractivity contribution in [3.63, 3.8) is 0 Å². The fourth-order valence-corrected chi connectivity index (χ4v) is 5.07. The van der Waals surface area contributed by atoms with Crippen molar-refractivity contribution in [2.45, 2.75) is 17.2 Å². The van der Waals surface area contributed by atoms with Crippen molar-refractivity contribution >= 4 is 49.2 Å². The molecule has 0 saturated heterocycles. The second kappa shape index (κ2) is 7.71. The molecular formula is C21H17N5O3S2. The summed E-state index contributed by atoms with van der Waals surface area (Å²) in [5.74, 6) is 0.159. The van der Waals surface area contributed by atoms with Crippen LogP contribution in [0.4, 0.5) is 11.5 Å². The Labute approximate surface area is 182 Å². The molecule has 0 aliphatic heterocycles. The maximum atomic E-state index is 12.6. The van der Waals surface area contributed by atoms with E-state index in [4.69, 9.17) is 0 Å². The zero-order chi connectivity index (χ0) is 21.4. The van der Waals surface area contributed by atoms with Crippen LogP contribution in [0.1, 0.15) is 17.9 Å². The molecule has 2 atom stereocenters. The molecule has 0 bridgehead atoms. The number of fused-ring (bicyclic) bond motifs is 1. The van der Waals surface area contributed by atoms with Crippen molar-refractivity contribution in [2.24, 2.45) is 5.92 Å². The summed E-state index contributed by atoms with van der Waals surface area (Å²) in [6.45, 7) is 0. The Morgan fingerprint density at radius 2 is 1.90 bits per heavy atom. The first-order chi connectivity index (χ1) is 15.0. The number of hydrogen-bond acceptors (Lipinski definition) is 7. The van der Waals surface area contributed by atoms with Crippen LogP contribution in [0, 0.1) is 5.92 Å². The lowest BCUT2D eigenvalue weighted by Crippen LogP contribution is -2.15. The number of nitrogens with one attached hydrogen (secondary N) is 2. The molecule has 31 heavy (non-hydrogen) atoms. The van der Waals surface area contributed by atoms with Crippen LogP contribution in [0.25, 0.3) is 10.2 Å². The summed E-state index contributed by atoms with van der Waals surface area (Å²) in [6.07, 6.45) is 2.25. The van der Waals surface area contributed by atoms with Crippen LogP contribution in [-0.2, 0) is 14.8 Å². The van der Waals surface area contributed by atoms with Gasteiger partial charge in [-0.15, -0.1) is 5.10 Å². The van der Waals surface area contributed by atoms with Crippen LogP contribution in [0.3, 0.4) is 0 Å². The fraction of sp³-hybridized carbons (Fsp3) is 0.143. The van der Waals surface area contributed by atoms with Gasteiger partial charge in [-0.05, 0) is 71.9 Å². The zero-order valence-corrected chi connectivity index (χ0v) is 17.7. The first-order valence-electron chi connectivity index (χ1n) is 9.56. The number of pyridine rings is 1. The van der Waals surface area contributed by atoms with E-state index in [1.165, 1.54) is 17.7 Å². The topological polar surface area (TPSA) is 114 Å². The van der Waals surface area contributed by atoms with Gasteiger partial charge in [-0.25, -0.2) is 13.4 Å². The van der Waals surface area contributed by atoms with Crippen LogP contribution >= 0.6 is 11.5 Å². The third-order valence-corrected chi connectivity index (χ3v) is 7.22. The Hall–Kier alpha value is -3.37. The second-order valence-electron chi connectivity index (χ2n) is 7.28. The van der Waals surface area contributed by atoms with Gasteiger partial charge in [-0.2, -0.15) is 0 Å². The van der Waals surface area contributed by atoms with E-state index in [-0.39, 0.29) is 28.5 Å². The molecule has 0 spiro atoms. The van der Waals surface area contributed by atoms with E-state index in [1.807, 2.05) is 18.2 Å². The molecule has 10 heteroatoms. The average molecular weight is 452 g/mol. The van der Waals surface area contributed by atoms with Crippen molar-refractivity contribution < 1.29 is 13.2 Å². The molecule has 2 aromatic carbocycles. The molecule has 1 aliphatic rings. The number of carbonyl (C=O) groups excluding carboxylic acids is 1. The zero-order valence-electron chi connectivity index (χ0n) is 16.1. The second-order valence-corrected chi connectivity index (χ2v) is 9.75. The van der Waals surface area contributed by atoms with E-state index < -0.39 is 10.0 Å². The molecule has 4 aromatic rings.